The predicted octanol–water partition coefficient (Wildman–Crippen LogP) is 5.67. The van der Waals surface area contributed by atoms with Gasteiger partial charge in [0, 0.05) is 34.9 Å². The van der Waals surface area contributed by atoms with Crippen molar-refractivity contribution in [1.29, 1.82) is 0 Å². The van der Waals surface area contributed by atoms with Gasteiger partial charge in [-0.2, -0.15) is 13.2 Å². The maximum atomic E-state index is 12.8. The molecule has 0 unspecified atom stereocenters. The number of hydrogen-bond acceptors (Lipinski definition) is 5. The molecule has 1 N–H and O–H groups in total. The standard InChI is InChI=1S/C22H16F3N5/c1-14-12-19(15-6-8-17(9-7-15)22(23,24)25)30-20(28-14)16-4-2-5-18(13-16)29-21-26-10-3-11-27-21/h2-13H,1H3,(H,26,27,29). The topological polar surface area (TPSA) is 63.6 Å². The van der Waals surface area contributed by atoms with E-state index in [1.54, 1.807) is 24.5 Å². The SMILES string of the molecule is Cc1cc(-c2ccc(C(F)(F)F)cc2)nc(-c2cccc(Nc3ncccn3)c2)n1. The van der Waals surface area contributed by atoms with Crippen LogP contribution in [-0.2, 0) is 6.18 Å². The van der Waals surface area contributed by atoms with Crippen LogP contribution in [0, 0.1) is 6.92 Å². The zero-order chi connectivity index (χ0) is 21.1. The zero-order valence-corrected chi connectivity index (χ0v) is 15.9. The van der Waals surface area contributed by atoms with Gasteiger partial charge < -0.3 is 5.32 Å². The summed E-state index contributed by atoms with van der Waals surface area (Å²) in [6.07, 6.45) is -1.10. The van der Waals surface area contributed by atoms with Gasteiger partial charge in [-0.3, -0.25) is 0 Å². The first-order valence-electron chi connectivity index (χ1n) is 9.06. The number of anilines is 2. The van der Waals surface area contributed by atoms with Gasteiger partial charge in [-0.25, -0.2) is 19.9 Å². The second kappa shape index (κ2) is 7.90. The Morgan fingerprint density at radius 1 is 0.800 bits per heavy atom. The Bertz CT molecular complexity index is 1160. The van der Waals surface area contributed by atoms with Crippen LogP contribution in [0.4, 0.5) is 24.8 Å². The van der Waals surface area contributed by atoms with Crippen molar-refractivity contribution < 1.29 is 13.2 Å². The van der Waals surface area contributed by atoms with Crippen molar-refractivity contribution in [1.82, 2.24) is 19.9 Å². The molecule has 0 fully saturated rings. The molecule has 0 aliphatic rings. The Morgan fingerprint density at radius 3 is 2.23 bits per heavy atom. The molecule has 0 aliphatic heterocycles. The van der Waals surface area contributed by atoms with Crippen molar-refractivity contribution in [2.45, 2.75) is 13.1 Å². The van der Waals surface area contributed by atoms with Crippen molar-refractivity contribution in [3.63, 3.8) is 0 Å². The summed E-state index contributed by atoms with van der Waals surface area (Å²) in [7, 11) is 0. The quantitative estimate of drug-likeness (QED) is 0.472. The summed E-state index contributed by atoms with van der Waals surface area (Å²) in [4.78, 5) is 17.3. The first-order valence-corrected chi connectivity index (χ1v) is 9.06. The molecule has 0 aliphatic carbocycles. The molecule has 8 heteroatoms. The van der Waals surface area contributed by atoms with Crippen LogP contribution in [0.5, 0.6) is 0 Å². The summed E-state index contributed by atoms with van der Waals surface area (Å²) < 4.78 is 38.5. The van der Waals surface area contributed by atoms with E-state index in [1.807, 2.05) is 31.2 Å². The minimum Gasteiger partial charge on any atom is -0.324 e. The first kappa shape index (κ1) is 19.5. The zero-order valence-electron chi connectivity index (χ0n) is 15.9. The van der Waals surface area contributed by atoms with Crippen LogP contribution in [-0.4, -0.2) is 19.9 Å². The molecule has 5 nitrogen and oxygen atoms in total. The van der Waals surface area contributed by atoms with Crippen LogP contribution in [0.3, 0.4) is 0 Å². The number of benzene rings is 2. The average molecular weight is 407 g/mol. The third-order valence-corrected chi connectivity index (χ3v) is 4.30. The van der Waals surface area contributed by atoms with Crippen LogP contribution >= 0.6 is 0 Å². The predicted molar refractivity (Wildman–Crippen MR) is 108 cm³/mol. The Kier molecular flexibility index (Phi) is 5.14. The van der Waals surface area contributed by atoms with Crippen molar-refractivity contribution >= 4 is 11.6 Å². The second-order valence-corrected chi connectivity index (χ2v) is 6.57. The van der Waals surface area contributed by atoms with Crippen LogP contribution in [0.1, 0.15) is 11.3 Å². The van der Waals surface area contributed by atoms with Crippen molar-refractivity contribution in [3.8, 4) is 22.6 Å². The van der Waals surface area contributed by atoms with Gasteiger partial charge in [-0.15, -0.1) is 0 Å². The molecule has 0 bridgehead atoms. The fraction of sp³-hybridized carbons (Fsp3) is 0.0909. The molecule has 0 atom stereocenters. The molecule has 0 saturated heterocycles. The highest BCUT2D eigenvalue weighted by atomic mass is 19.4. The molecule has 0 amide bonds. The van der Waals surface area contributed by atoms with Crippen LogP contribution in [0.2, 0.25) is 0 Å². The first-order chi connectivity index (χ1) is 14.4. The van der Waals surface area contributed by atoms with Crippen molar-refractivity contribution in [2.24, 2.45) is 0 Å². The van der Waals surface area contributed by atoms with E-state index in [2.05, 4.69) is 25.3 Å². The fourth-order valence-electron chi connectivity index (χ4n) is 2.90. The van der Waals surface area contributed by atoms with E-state index in [0.717, 1.165) is 23.4 Å². The Hall–Kier alpha value is -3.81. The monoisotopic (exact) mass is 407 g/mol. The Morgan fingerprint density at radius 2 is 1.53 bits per heavy atom. The lowest BCUT2D eigenvalue weighted by Crippen LogP contribution is -2.04. The third kappa shape index (κ3) is 4.43. The summed E-state index contributed by atoms with van der Waals surface area (Å²) in [5.74, 6) is 0.938. The molecule has 2 aromatic carbocycles. The van der Waals surface area contributed by atoms with Gasteiger partial charge in [0.2, 0.25) is 5.95 Å². The van der Waals surface area contributed by atoms with E-state index >= 15 is 0 Å². The van der Waals surface area contributed by atoms with Gasteiger partial charge >= 0.3 is 6.18 Å². The van der Waals surface area contributed by atoms with E-state index in [9.17, 15) is 13.2 Å². The van der Waals surface area contributed by atoms with Gasteiger partial charge in [-0.1, -0.05) is 24.3 Å². The molecular weight excluding hydrogens is 391 g/mol. The number of alkyl halides is 3. The molecule has 2 aromatic heterocycles. The molecule has 0 spiro atoms. The van der Waals surface area contributed by atoms with E-state index < -0.39 is 11.7 Å². The van der Waals surface area contributed by atoms with Crippen LogP contribution in [0.15, 0.2) is 73.1 Å². The summed E-state index contributed by atoms with van der Waals surface area (Å²) >= 11 is 0. The average Bonchev–Trinajstić information content (AvgIpc) is 2.74. The number of aromatic nitrogens is 4. The molecule has 30 heavy (non-hydrogen) atoms. The van der Waals surface area contributed by atoms with E-state index in [4.69, 9.17) is 0 Å². The number of halogens is 3. The Balaban J connectivity index is 1.66. The molecule has 150 valence electrons. The Labute approximate surface area is 170 Å². The number of nitrogens with zero attached hydrogens (tertiary/aromatic N) is 4. The molecule has 0 radical (unpaired) electrons. The summed E-state index contributed by atoms with van der Waals surface area (Å²) in [5, 5.41) is 3.11. The number of nitrogens with one attached hydrogen (secondary N) is 1. The van der Waals surface area contributed by atoms with Gasteiger partial charge in [0.05, 0.1) is 11.3 Å². The number of hydrogen-bond donors (Lipinski definition) is 1. The molecular formula is C22H16F3N5. The van der Waals surface area contributed by atoms with E-state index in [0.29, 0.717) is 28.7 Å². The molecule has 2 heterocycles. The maximum Gasteiger partial charge on any atom is 0.416 e. The molecule has 0 saturated carbocycles. The summed E-state index contributed by atoms with van der Waals surface area (Å²) in [5.41, 5.74) is 2.67. The van der Waals surface area contributed by atoms with Crippen LogP contribution in [0.25, 0.3) is 22.6 Å². The van der Waals surface area contributed by atoms with Crippen molar-refractivity contribution in [3.05, 3.63) is 84.3 Å². The lowest BCUT2D eigenvalue weighted by molar-refractivity contribution is -0.137. The van der Waals surface area contributed by atoms with Gasteiger partial charge in [-0.05, 0) is 43.3 Å². The minimum absolute atomic E-state index is 0.463. The van der Waals surface area contributed by atoms with Crippen molar-refractivity contribution in [2.75, 3.05) is 5.32 Å². The lowest BCUT2D eigenvalue weighted by Gasteiger charge is -2.10. The maximum absolute atomic E-state index is 12.8. The number of aryl methyl sites for hydroxylation is 1. The highest BCUT2D eigenvalue weighted by molar-refractivity contribution is 5.68. The second-order valence-electron chi connectivity index (χ2n) is 6.57. The van der Waals surface area contributed by atoms with Crippen LogP contribution < -0.4 is 5.32 Å². The van der Waals surface area contributed by atoms with E-state index in [-0.39, 0.29) is 0 Å². The third-order valence-electron chi connectivity index (χ3n) is 4.30. The highest BCUT2D eigenvalue weighted by Crippen LogP contribution is 2.31. The lowest BCUT2D eigenvalue weighted by atomic mass is 10.1. The van der Waals surface area contributed by atoms with Gasteiger partial charge in [0.1, 0.15) is 0 Å². The summed E-state index contributed by atoms with van der Waals surface area (Å²) in [6.45, 7) is 1.82. The summed E-state index contributed by atoms with van der Waals surface area (Å²) in [6, 6.07) is 15.9. The van der Waals surface area contributed by atoms with Gasteiger partial charge in [0.25, 0.3) is 0 Å². The fourth-order valence-corrected chi connectivity index (χ4v) is 2.90. The largest absolute Gasteiger partial charge is 0.416 e. The smallest absolute Gasteiger partial charge is 0.324 e. The normalized spacial score (nSPS) is 11.3. The minimum atomic E-state index is -4.37. The highest BCUT2D eigenvalue weighted by Gasteiger charge is 2.30. The number of rotatable bonds is 4. The van der Waals surface area contributed by atoms with E-state index in [1.165, 1.54) is 12.1 Å². The van der Waals surface area contributed by atoms with Gasteiger partial charge in [0.15, 0.2) is 5.82 Å². The molecule has 4 rings (SSSR count). The molecule has 4 aromatic rings.